The van der Waals surface area contributed by atoms with Crippen molar-refractivity contribution in [1.82, 2.24) is 5.32 Å². The first kappa shape index (κ1) is 30.7. The lowest BCUT2D eigenvalue weighted by Gasteiger charge is -2.33. The topological polar surface area (TPSA) is 73.5 Å². The number of halogens is 6. The van der Waals surface area contributed by atoms with Crippen LogP contribution < -0.4 is 20.9 Å². The minimum absolute atomic E-state index is 0.0220. The molecule has 0 atom stereocenters. The maximum Gasteiger partial charge on any atom is 0.416 e. The second-order valence-corrected chi connectivity index (χ2v) is 10.3. The van der Waals surface area contributed by atoms with Gasteiger partial charge in [-0.25, -0.2) is 4.79 Å². The third kappa shape index (κ3) is 8.17. The van der Waals surface area contributed by atoms with Crippen molar-refractivity contribution in [3.05, 3.63) is 89.0 Å². The number of urea groups is 1. The lowest BCUT2D eigenvalue weighted by molar-refractivity contribution is -0.143. The van der Waals surface area contributed by atoms with E-state index in [1.54, 1.807) is 6.07 Å². The van der Waals surface area contributed by atoms with Crippen LogP contribution in [0.25, 0.3) is 0 Å². The monoisotopic (exact) mass is 592 g/mol. The number of benzene rings is 3. The van der Waals surface area contributed by atoms with Crippen molar-refractivity contribution in [2.45, 2.75) is 38.5 Å². The van der Waals surface area contributed by atoms with Crippen molar-refractivity contribution in [3.8, 4) is 0 Å². The number of carbonyl (C=O) groups is 2. The minimum atomic E-state index is -5.06. The van der Waals surface area contributed by atoms with Crippen molar-refractivity contribution >= 4 is 29.0 Å². The van der Waals surface area contributed by atoms with E-state index in [-0.39, 0.29) is 23.2 Å². The molecule has 4 rings (SSSR count). The SMILES string of the molecule is CC1CCN(c2ccc(NC(=O)Nc3cc(C(F)(F)F)cc(C(F)(F)F)c3)cc2C(=O)NCCc2ccccc2)CC1. The number of rotatable bonds is 7. The minimum Gasteiger partial charge on any atom is -0.371 e. The normalized spacial score (nSPS) is 14.4. The molecule has 6 nitrogen and oxygen atoms in total. The third-order valence-corrected chi connectivity index (χ3v) is 7.01. The van der Waals surface area contributed by atoms with Crippen LogP contribution in [-0.4, -0.2) is 31.6 Å². The van der Waals surface area contributed by atoms with Gasteiger partial charge in [-0.2, -0.15) is 26.3 Å². The molecule has 0 radical (unpaired) electrons. The van der Waals surface area contributed by atoms with E-state index in [4.69, 9.17) is 0 Å². The van der Waals surface area contributed by atoms with Gasteiger partial charge in [0, 0.05) is 36.7 Å². The highest BCUT2D eigenvalue weighted by Crippen LogP contribution is 2.37. The van der Waals surface area contributed by atoms with Crippen LogP contribution in [0.4, 0.5) is 48.2 Å². The summed E-state index contributed by atoms with van der Waals surface area (Å²) in [6.07, 6.45) is -7.64. The Hall–Kier alpha value is -4.22. The molecule has 1 fully saturated rings. The first-order valence-electron chi connectivity index (χ1n) is 13.4. The van der Waals surface area contributed by atoms with Crippen LogP contribution in [0.3, 0.4) is 0 Å². The summed E-state index contributed by atoms with van der Waals surface area (Å²) in [5, 5.41) is 7.34. The van der Waals surface area contributed by atoms with E-state index in [9.17, 15) is 35.9 Å². The number of hydrogen-bond donors (Lipinski definition) is 3. The molecule has 12 heteroatoms. The number of amides is 3. The molecule has 0 bridgehead atoms. The molecule has 3 aromatic carbocycles. The molecule has 1 aliphatic heterocycles. The van der Waals surface area contributed by atoms with Gasteiger partial charge >= 0.3 is 18.4 Å². The Morgan fingerprint density at radius 2 is 1.40 bits per heavy atom. The summed E-state index contributed by atoms with van der Waals surface area (Å²) in [5.41, 5.74) is -1.67. The van der Waals surface area contributed by atoms with Crippen molar-refractivity contribution in [2.75, 3.05) is 35.2 Å². The summed E-state index contributed by atoms with van der Waals surface area (Å²) in [6, 6.07) is 14.0. The Kier molecular flexibility index (Phi) is 9.33. The number of anilines is 3. The van der Waals surface area contributed by atoms with Gasteiger partial charge in [-0.3, -0.25) is 4.79 Å². The van der Waals surface area contributed by atoms with Crippen LogP contribution in [0.5, 0.6) is 0 Å². The molecular weight excluding hydrogens is 562 g/mol. The Labute approximate surface area is 239 Å². The first-order valence-corrected chi connectivity index (χ1v) is 13.4. The summed E-state index contributed by atoms with van der Waals surface area (Å²) in [7, 11) is 0. The maximum absolute atomic E-state index is 13.3. The smallest absolute Gasteiger partial charge is 0.371 e. The average Bonchev–Trinajstić information content (AvgIpc) is 2.93. The van der Waals surface area contributed by atoms with Gasteiger partial charge in [-0.05, 0) is 67.1 Å². The van der Waals surface area contributed by atoms with E-state index >= 15 is 0 Å². The second-order valence-electron chi connectivity index (χ2n) is 10.3. The van der Waals surface area contributed by atoms with Crippen molar-refractivity contribution in [1.29, 1.82) is 0 Å². The van der Waals surface area contributed by atoms with E-state index in [1.807, 2.05) is 35.6 Å². The Morgan fingerprint density at radius 3 is 2.00 bits per heavy atom. The molecule has 0 spiro atoms. The lowest BCUT2D eigenvalue weighted by atomic mass is 9.97. The van der Waals surface area contributed by atoms with Crippen molar-refractivity contribution < 1.29 is 35.9 Å². The zero-order valence-corrected chi connectivity index (χ0v) is 22.7. The standard InChI is InChI=1S/C30H30F6N4O2/c1-19-10-13-40(14-11-19)26-8-7-23(18-25(26)27(41)37-12-9-20-5-3-2-4-6-20)38-28(42)39-24-16-21(29(31,32)33)15-22(17-24)30(34,35)36/h2-8,15-19H,9-14H2,1H3,(H,37,41)(H2,38,39,42). The number of nitrogens with zero attached hydrogens (tertiary/aromatic N) is 1. The van der Waals surface area contributed by atoms with Gasteiger partial charge in [0.05, 0.1) is 16.7 Å². The summed E-state index contributed by atoms with van der Waals surface area (Å²) >= 11 is 0. The van der Waals surface area contributed by atoms with Crippen LogP contribution in [0.15, 0.2) is 66.7 Å². The van der Waals surface area contributed by atoms with Crippen LogP contribution in [0, 0.1) is 5.92 Å². The van der Waals surface area contributed by atoms with Crippen LogP contribution in [-0.2, 0) is 18.8 Å². The van der Waals surface area contributed by atoms with Crippen molar-refractivity contribution in [3.63, 3.8) is 0 Å². The largest absolute Gasteiger partial charge is 0.416 e. The Balaban J connectivity index is 1.53. The molecule has 0 aromatic heterocycles. The molecule has 42 heavy (non-hydrogen) atoms. The van der Waals surface area contributed by atoms with Crippen LogP contribution in [0.1, 0.15) is 46.8 Å². The molecule has 0 saturated carbocycles. The molecule has 0 unspecified atom stereocenters. The summed E-state index contributed by atoms with van der Waals surface area (Å²) in [6.45, 7) is 3.97. The highest BCUT2D eigenvalue weighted by molar-refractivity contribution is 6.04. The molecule has 1 heterocycles. The molecule has 3 aromatic rings. The summed E-state index contributed by atoms with van der Waals surface area (Å²) < 4.78 is 79.2. The fraction of sp³-hybridized carbons (Fsp3) is 0.333. The molecule has 3 amide bonds. The first-order chi connectivity index (χ1) is 19.8. The van der Waals surface area contributed by atoms with Gasteiger partial charge in [0.15, 0.2) is 0 Å². The molecule has 224 valence electrons. The highest BCUT2D eigenvalue weighted by Gasteiger charge is 2.37. The van der Waals surface area contributed by atoms with Gasteiger partial charge in [-0.15, -0.1) is 0 Å². The fourth-order valence-electron chi connectivity index (χ4n) is 4.70. The van der Waals surface area contributed by atoms with Gasteiger partial charge < -0.3 is 20.9 Å². The predicted octanol–water partition coefficient (Wildman–Crippen LogP) is 7.58. The summed E-state index contributed by atoms with van der Waals surface area (Å²) in [4.78, 5) is 28.0. The van der Waals surface area contributed by atoms with E-state index in [1.165, 1.54) is 12.1 Å². The maximum atomic E-state index is 13.3. The lowest BCUT2D eigenvalue weighted by Crippen LogP contribution is -2.35. The Bertz CT molecular complexity index is 1370. The number of nitrogens with one attached hydrogen (secondary N) is 3. The molecule has 0 aliphatic carbocycles. The number of hydrogen-bond acceptors (Lipinski definition) is 3. The average molecular weight is 593 g/mol. The second kappa shape index (κ2) is 12.7. The highest BCUT2D eigenvalue weighted by atomic mass is 19.4. The summed E-state index contributed by atoms with van der Waals surface area (Å²) in [5.74, 6) is 0.166. The Morgan fingerprint density at radius 1 is 0.810 bits per heavy atom. The van der Waals surface area contributed by atoms with Crippen LogP contribution in [0.2, 0.25) is 0 Å². The van der Waals surface area contributed by atoms with Gasteiger partial charge in [-0.1, -0.05) is 37.3 Å². The van der Waals surface area contributed by atoms with Gasteiger partial charge in [0.1, 0.15) is 0 Å². The molecular formula is C30H30F6N4O2. The van der Waals surface area contributed by atoms with Gasteiger partial charge in [0.25, 0.3) is 5.91 Å². The molecule has 1 aliphatic rings. The molecule has 3 N–H and O–H groups in total. The zero-order valence-electron chi connectivity index (χ0n) is 22.7. The predicted molar refractivity (Wildman–Crippen MR) is 149 cm³/mol. The third-order valence-electron chi connectivity index (χ3n) is 7.01. The zero-order chi connectivity index (χ0) is 30.5. The van der Waals surface area contributed by atoms with Gasteiger partial charge in [0.2, 0.25) is 0 Å². The number of carbonyl (C=O) groups excluding carboxylic acids is 2. The number of alkyl halides is 6. The van der Waals surface area contributed by atoms with E-state index in [0.717, 1.165) is 31.5 Å². The molecule has 1 saturated heterocycles. The van der Waals surface area contributed by atoms with Crippen LogP contribution >= 0.6 is 0 Å². The van der Waals surface area contributed by atoms with E-state index < -0.39 is 35.2 Å². The van der Waals surface area contributed by atoms with E-state index in [0.29, 0.717) is 36.7 Å². The fourth-order valence-corrected chi connectivity index (χ4v) is 4.70. The number of piperidine rings is 1. The quantitative estimate of drug-likeness (QED) is 0.248. The van der Waals surface area contributed by atoms with Crippen molar-refractivity contribution in [2.24, 2.45) is 5.92 Å². The van der Waals surface area contributed by atoms with E-state index in [2.05, 4.69) is 22.5 Å².